The van der Waals surface area contributed by atoms with E-state index in [0.717, 1.165) is 25.4 Å². The van der Waals surface area contributed by atoms with Gasteiger partial charge in [0.05, 0.1) is 25.3 Å². The zero-order chi connectivity index (χ0) is 10.7. The molecule has 2 aliphatic rings. The summed E-state index contributed by atoms with van der Waals surface area (Å²) in [4.78, 5) is 4.27. The molecule has 1 saturated carbocycles. The fourth-order valence-corrected chi connectivity index (χ4v) is 1.93. The van der Waals surface area contributed by atoms with Crippen LogP contribution in [-0.4, -0.2) is 49.0 Å². The first-order valence-corrected chi connectivity index (χ1v) is 5.61. The van der Waals surface area contributed by atoms with Gasteiger partial charge in [-0.15, -0.1) is 0 Å². The van der Waals surface area contributed by atoms with Gasteiger partial charge in [-0.2, -0.15) is 0 Å². The van der Waals surface area contributed by atoms with Crippen LogP contribution < -0.4 is 10.6 Å². The lowest BCUT2D eigenvalue weighted by molar-refractivity contribution is -0.00576. The molecule has 0 spiro atoms. The Hall–Kier alpha value is -0.810. The number of hydrogen-bond acceptors (Lipinski definition) is 5. The molecule has 0 aromatic heterocycles. The molecule has 1 atom stereocenters. The molecule has 86 valence electrons. The molecule has 0 unspecified atom stereocenters. The fraction of sp³-hybridized carbons (Fsp3) is 0.900. The third-order valence-corrected chi connectivity index (χ3v) is 2.87. The monoisotopic (exact) mass is 213 g/mol. The highest BCUT2D eigenvalue weighted by atomic mass is 16.5. The van der Waals surface area contributed by atoms with Crippen molar-refractivity contribution in [1.29, 1.82) is 0 Å². The second kappa shape index (κ2) is 4.81. The van der Waals surface area contributed by atoms with Crippen LogP contribution in [0.4, 0.5) is 0 Å². The van der Waals surface area contributed by atoms with Crippen molar-refractivity contribution in [1.82, 2.24) is 10.6 Å². The maximum atomic E-state index is 8.92. The molecule has 0 radical (unpaired) electrons. The average Bonchev–Trinajstić information content (AvgIpc) is 2.62. The van der Waals surface area contributed by atoms with Crippen molar-refractivity contribution in [2.24, 2.45) is 4.99 Å². The maximum Gasteiger partial charge on any atom is 0.191 e. The molecule has 5 nitrogen and oxygen atoms in total. The Morgan fingerprint density at radius 1 is 1.60 bits per heavy atom. The molecular formula is C10H19N3O2. The van der Waals surface area contributed by atoms with Crippen molar-refractivity contribution >= 4 is 5.96 Å². The predicted octanol–water partition coefficient (Wildman–Crippen LogP) is -0.536. The predicted molar refractivity (Wildman–Crippen MR) is 57.9 cm³/mol. The molecule has 0 amide bonds. The van der Waals surface area contributed by atoms with Crippen LogP contribution in [0.3, 0.4) is 0 Å². The van der Waals surface area contributed by atoms with E-state index in [0.29, 0.717) is 18.7 Å². The van der Waals surface area contributed by atoms with Gasteiger partial charge in [-0.1, -0.05) is 0 Å². The van der Waals surface area contributed by atoms with Crippen molar-refractivity contribution in [3.63, 3.8) is 0 Å². The third kappa shape index (κ3) is 2.60. The van der Waals surface area contributed by atoms with E-state index in [1.807, 2.05) is 6.92 Å². The normalized spacial score (nSPS) is 34.3. The number of aliphatic hydroxyl groups excluding tert-OH is 1. The van der Waals surface area contributed by atoms with Gasteiger partial charge in [-0.05, 0) is 19.8 Å². The van der Waals surface area contributed by atoms with E-state index in [1.165, 1.54) is 0 Å². The summed E-state index contributed by atoms with van der Waals surface area (Å²) in [6.45, 7) is 3.62. The molecule has 2 rings (SSSR count). The minimum absolute atomic E-state index is 0.0928. The minimum Gasteiger partial charge on any atom is -0.394 e. The van der Waals surface area contributed by atoms with Gasteiger partial charge in [0.25, 0.3) is 0 Å². The second-order valence-corrected chi connectivity index (χ2v) is 4.10. The van der Waals surface area contributed by atoms with Gasteiger partial charge in [0, 0.05) is 12.6 Å². The van der Waals surface area contributed by atoms with E-state index in [2.05, 4.69) is 15.6 Å². The number of ether oxygens (including phenoxy) is 1. The zero-order valence-electron chi connectivity index (χ0n) is 9.07. The topological polar surface area (TPSA) is 65.9 Å². The first-order chi connectivity index (χ1) is 7.31. The first-order valence-electron chi connectivity index (χ1n) is 5.61. The summed E-state index contributed by atoms with van der Waals surface area (Å²) < 4.78 is 5.47. The average molecular weight is 213 g/mol. The summed E-state index contributed by atoms with van der Waals surface area (Å²) in [6, 6.07) is 0.570. The summed E-state index contributed by atoms with van der Waals surface area (Å²) in [5, 5.41) is 15.4. The number of guanidine groups is 1. The molecular weight excluding hydrogens is 194 g/mol. The molecule has 5 heteroatoms. The lowest BCUT2D eigenvalue weighted by Gasteiger charge is -2.35. The number of rotatable bonds is 4. The quantitative estimate of drug-likeness (QED) is 0.587. The standard InChI is InChI=1S/C10H19N3O2/c1-2-15-9-3-7(4-9)12-10-11-5-8(6-14)13-10/h7-9,14H,2-6H2,1H3,(H2,11,12,13)/t7?,8-,9?/m0/s1. The Morgan fingerprint density at radius 2 is 2.40 bits per heavy atom. The molecule has 0 saturated heterocycles. The van der Waals surface area contributed by atoms with E-state index in [1.54, 1.807) is 0 Å². The van der Waals surface area contributed by atoms with Gasteiger partial charge >= 0.3 is 0 Å². The van der Waals surface area contributed by atoms with Crippen molar-refractivity contribution < 1.29 is 9.84 Å². The van der Waals surface area contributed by atoms with Crippen LogP contribution in [0.1, 0.15) is 19.8 Å². The van der Waals surface area contributed by atoms with Crippen molar-refractivity contribution in [3.8, 4) is 0 Å². The van der Waals surface area contributed by atoms with Crippen LogP contribution in [0, 0.1) is 0 Å². The van der Waals surface area contributed by atoms with Gasteiger partial charge in [0.1, 0.15) is 0 Å². The van der Waals surface area contributed by atoms with Gasteiger partial charge in [-0.3, -0.25) is 4.99 Å². The Bertz CT molecular complexity index is 239. The smallest absolute Gasteiger partial charge is 0.191 e. The van der Waals surface area contributed by atoms with Crippen molar-refractivity contribution in [2.45, 2.75) is 38.0 Å². The van der Waals surface area contributed by atoms with E-state index in [9.17, 15) is 0 Å². The Morgan fingerprint density at radius 3 is 3.00 bits per heavy atom. The summed E-state index contributed by atoms with van der Waals surface area (Å²) in [6.07, 6.45) is 2.53. The number of hydrogen-bond donors (Lipinski definition) is 3. The SMILES string of the molecule is CCOC1CC(NC2=NC[C@@H](CO)N2)C1. The van der Waals surface area contributed by atoms with Crippen molar-refractivity contribution in [2.75, 3.05) is 19.8 Å². The van der Waals surface area contributed by atoms with Crippen molar-refractivity contribution in [3.05, 3.63) is 0 Å². The van der Waals surface area contributed by atoms with E-state index in [4.69, 9.17) is 9.84 Å². The highest BCUT2D eigenvalue weighted by molar-refractivity contribution is 5.82. The van der Waals surface area contributed by atoms with Gasteiger partial charge in [0.15, 0.2) is 5.96 Å². The highest BCUT2D eigenvalue weighted by Crippen LogP contribution is 2.23. The van der Waals surface area contributed by atoms with Crippen LogP contribution in [0.15, 0.2) is 4.99 Å². The van der Waals surface area contributed by atoms with Gasteiger partial charge in [0.2, 0.25) is 0 Å². The van der Waals surface area contributed by atoms with Gasteiger partial charge in [-0.25, -0.2) is 0 Å². The summed E-state index contributed by atoms with van der Waals surface area (Å²) in [5.74, 6) is 0.828. The molecule has 0 aromatic carbocycles. The Labute approximate surface area is 89.9 Å². The largest absolute Gasteiger partial charge is 0.394 e. The first kappa shape index (κ1) is 10.7. The van der Waals surface area contributed by atoms with E-state index in [-0.39, 0.29) is 12.6 Å². The summed E-state index contributed by atoms with van der Waals surface area (Å²) >= 11 is 0. The molecule has 1 aliphatic heterocycles. The molecule has 15 heavy (non-hydrogen) atoms. The molecule has 1 aliphatic carbocycles. The number of nitrogens with one attached hydrogen (secondary N) is 2. The van der Waals surface area contributed by atoms with Crippen LogP contribution >= 0.6 is 0 Å². The molecule has 1 fully saturated rings. The maximum absolute atomic E-state index is 8.92. The molecule has 0 bridgehead atoms. The highest BCUT2D eigenvalue weighted by Gasteiger charge is 2.31. The second-order valence-electron chi connectivity index (χ2n) is 4.10. The van der Waals surface area contributed by atoms with Crippen LogP contribution in [0.25, 0.3) is 0 Å². The third-order valence-electron chi connectivity index (χ3n) is 2.87. The summed E-state index contributed by atoms with van der Waals surface area (Å²) in [7, 11) is 0. The summed E-state index contributed by atoms with van der Waals surface area (Å²) in [5.41, 5.74) is 0. The van der Waals surface area contributed by atoms with E-state index < -0.39 is 0 Å². The Balaban J connectivity index is 1.64. The molecule has 3 N–H and O–H groups in total. The number of nitrogens with zero attached hydrogens (tertiary/aromatic N) is 1. The van der Waals surface area contributed by atoms with Crippen LogP contribution in [0.5, 0.6) is 0 Å². The fourth-order valence-electron chi connectivity index (χ4n) is 1.93. The van der Waals surface area contributed by atoms with Crippen LogP contribution in [0.2, 0.25) is 0 Å². The number of aliphatic imine (C=N–C) groups is 1. The van der Waals surface area contributed by atoms with Gasteiger partial charge < -0.3 is 20.5 Å². The molecule has 1 heterocycles. The number of aliphatic hydroxyl groups is 1. The Kier molecular flexibility index (Phi) is 3.43. The lowest BCUT2D eigenvalue weighted by Crippen LogP contribution is -2.51. The minimum atomic E-state index is 0.0928. The molecule has 0 aromatic rings. The van der Waals surface area contributed by atoms with Crippen LogP contribution in [-0.2, 0) is 4.74 Å². The zero-order valence-corrected chi connectivity index (χ0v) is 9.07. The lowest BCUT2D eigenvalue weighted by atomic mass is 9.89. The van der Waals surface area contributed by atoms with E-state index >= 15 is 0 Å².